The second-order valence-electron chi connectivity index (χ2n) is 3.74. The maximum Gasteiger partial charge on any atom is 0.231 e. The number of piperidine rings is 1. The molecule has 1 saturated heterocycles. The quantitative estimate of drug-likeness (QED) is 0.715. The van der Waals surface area contributed by atoms with Gasteiger partial charge in [-0.2, -0.15) is 0 Å². The van der Waals surface area contributed by atoms with Crippen molar-refractivity contribution in [2.75, 3.05) is 26.2 Å². The summed E-state index contributed by atoms with van der Waals surface area (Å²) in [5.41, 5.74) is 6.70. The molecule has 0 spiro atoms. The van der Waals surface area contributed by atoms with E-state index in [-0.39, 0.29) is 5.91 Å². The number of rotatable bonds is 5. The molecule has 4 nitrogen and oxygen atoms in total. The number of carbonyl (C=O) groups is 1. The first-order valence-electron chi connectivity index (χ1n) is 5.22. The summed E-state index contributed by atoms with van der Waals surface area (Å²) >= 11 is 5.49. The minimum absolute atomic E-state index is 0.281. The van der Waals surface area contributed by atoms with Gasteiger partial charge in [0.15, 0.2) is 0 Å². The third-order valence-corrected chi connectivity index (χ3v) is 2.79. The fourth-order valence-electron chi connectivity index (χ4n) is 1.89. The molecule has 1 aliphatic heterocycles. The van der Waals surface area contributed by atoms with Crippen LogP contribution in [0.4, 0.5) is 0 Å². The van der Waals surface area contributed by atoms with Gasteiger partial charge in [-0.3, -0.25) is 9.69 Å². The van der Waals surface area contributed by atoms with Gasteiger partial charge in [0.2, 0.25) is 5.91 Å². The number of hydrogen-bond acceptors (Lipinski definition) is 3. The predicted molar refractivity (Wildman–Crippen MR) is 61.7 cm³/mol. The van der Waals surface area contributed by atoms with E-state index < -0.39 is 0 Å². The summed E-state index contributed by atoms with van der Waals surface area (Å²) in [4.78, 5) is 13.0. The molecule has 0 saturated carbocycles. The van der Waals surface area contributed by atoms with Crippen molar-refractivity contribution in [2.24, 2.45) is 5.73 Å². The molecule has 1 rings (SSSR count). The van der Waals surface area contributed by atoms with Crippen LogP contribution in [0.5, 0.6) is 0 Å². The summed E-state index contributed by atoms with van der Waals surface area (Å²) in [6, 6.07) is 0.437. The highest BCUT2D eigenvalue weighted by molar-refractivity contribution is 6.25. The van der Waals surface area contributed by atoms with Crippen molar-refractivity contribution < 1.29 is 4.79 Å². The van der Waals surface area contributed by atoms with Crippen LogP contribution in [0.3, 0.4) is 0 Å². The van der Waals surface area contributed by atoms with Crippen LogP contribution < -0.4 is 11.1 Å². The summed E-state index contributed by atoms with van der Waals surface area (Å²) in [6.45, 7) is 3.01. The van der Waals surface area contributed by atoms with Gasteiger partial charge in [-0.05, 0) is 25.9 Å². The van der Waals surface area contributed by atoms with E-state index in [1.54, 1.807) is 0 Å². The molecule has 0 atom stereocenters. The molecular formula is C10H18ClN3O. The van der Waals surface area contributed by atoms with E-state index in [9.17, 15) is 4.79 Å². The molecule has 0 aromatic heterocycles. The van der Waals surface area contributed by atoms with Gasteiger partial charge in [-0.15, -0.1) is 0 Å². The standard InChI is InChI=1S/C10H18ClN3O/c11-4-1-7-14(8-10(12)15)9-2-5-13-6-3-9/h1,4,9,13H,2-3,5-8H2,(H2,12,15)/b4-1+. The Labute approximate surface area is 95.4 Å². The van der Waals surface area contributed by atoms with Crippen molar-refractivity contribution in [1.29, 1.82) is 0 Å². The molecule has 86 valence electrons. The minimum atomic E-state index is -0.281. The van der Waals surface area contributed by atoms with E-state index >= 15 is 0 Å². The molecule has 0 aromatic rings. The van der Waals surface area contributed by atoms with Gasteiger partial charge >= 0.3 is 0 Å². The molecule has 0 aliphatic carbocycles. The summed E-state index contributed by atoms with van der Waals surface area (Å²) < 4.78 is 0. The van der Waals surface area contributed by atoms with Crippen molar-refractivity contribution in [3.8, 4) is 0 Å². The average Bonchev–Trinajstić information content (AvgIpc) is 2.25. The van der Waals surface area contributed by atoms with Crippen LogP contribution in [0.1, 0.15) is 12.8 Å². The van der Waals surface area contributed by atoms with E-state index in [1.165, 1.54) is 5.54 Å². The topological polar surface area (TPSA) is 58.4 Å². The molecule has 0 bridgehead atoms. The zero-order valence-corrected chi connectivity index (χ0v) is 9.54. The van der Waals surface area contributed by atoms with E-state index in [0.717, 1.165) is 25.9 Å². The zero-order chi connectivity index (χ0) is 11.1. The number of nitrogens with one attached hydrogen (secondary N) is 1. The third kappa shape index (κ3) is 4.64. The lowest BCUT2D eigenvalue weighted by atomic mass is 10.0. The molecule has 3 N–H and O–H groups in total. The third-order valence-electron chi connectivity index (χ3n) is 2.61. The van der Waals surface area contributed by atoms with Crippen LogP contribution in [0, 0.1) is 0 Å². The second kappa shape index (κ2) is 6.82. The van der Waals surface area contributed by atoms with Crippen molar-refractivity contribution in [2.45, 2.75) is 18.9 Å². The SMILES string of the molecule is NC(=O)CN(C/C=C/Cl)C1CCNCC1. The van der Waals surface area contributed by atoms with Gasteiger partial charge in [0.1, 0.15) is 0 Å². The Morgan fingerprint density at radius 1 is 1.53 bits per heavy atom. The Hall–Kier alpha value is -0.580. The van der Waals surface area contributed by atoms with Gasteiger partial charge in [0, 0.05) is 18.1 Å². The number of hydrogen-bond donors (Lipinski definition) is 2. The highest BCUT2D eigenvalue weighted by Gasteiger charge is 2.20. The Balaban J connectivity index is 2.48. The highest BCUT2D eigenvalue weighted by atomic mass is 35.5. The summed E-state index contributed by atoms with van der Waals surface area (Å²) in [7, 11) is 0. The first kappa shape index (κ1) is 12.5. The Bertz CT molecular complexity index is 227. The molecule has 15 heavy (non-hydrogen) atoms. The van der Waals surface area contributed by atoms with Crippen molar-refractivity contribution in [1.82, 2.24) is 10.2 Å². The van der Waals surface area contributed by atoms with Gasteiger partial charge in [0.05, 0.1) is 6.54 Å². The minimum Gasteiger partial charge on any atom is -0.369 e. The molecular weight excluding hydrogens is 214 g/mol. The number of primary amides is 1. The monoisotopic (exact) mass is 231 g/mol. The Morgan fingerprint density at radius 3 is 2.73 bits per heavy atom. The van der Waals surface area contributed by atoms with Crippen molar-refractivity contribution in [3.63, 3.8) is 0 Å². The van der Waals surface area contributed by atoms with Crippen LogP contribution in [0.15, 0.2) is 11.6 Å². The number of nitrogens with zero attached hydrogens (tertiary/aromatic N) is 1. The van der Waals surface area contributed by atoms with Crippen LogP contribution in [0.25, 0.3) is 0 Å². The number of amides is 1. The van der Waals surface area contributed by atoms with Crippen LogP contribution in [-0.4, -0.2) is 43.0 Å². The van der Waals surface area contributed by atoms with Gasteiger partial charge in [-0.25, -0.2) is 0 Å². The lowest BCUT2D eigenvalue weighted by molar-refractivity contribution is -0.119. The normalized spacial score (nSPS) is 18.8. The van der Waals surface area contributed by atoms with E-state index in [2.05, 4.69) is 10.2 Å². The Kier molecular flexibility index (Phi) is 5.68. The molecule has 0 radical (unpaired) electrons. The maximum atomic E-state index is 10.9. The van der Waals surface area contributed by atoms with Crippen LogP contribution >= 0.6 is 11.6 Å². The fourth-order valence-corrected chi connectivity index (χ4v) is 1.97. The molecule has 5 heteroatoms. The van der Waals surface area contributed by atoms with E-state index in [1.807, 2.05) is 6.08 Å². The smallest absolute Gasteiger partial charge is 0.231 e. The van der Waals surface area contributed by atoms with E-state index in [4.69, 9.17) is 17.3 Å². The molecule has 0 unspecified atom stereocenters. The van der Waals surface area contributed by atoms with Crippen LogP contribution in [-0.2, 0) is 4.79 Å². The lowest BCUT2D eigenvalue weighted by Crippen LogP contribution is -2.46. The first-order chi connectivity index (χ1) is 7.24. The Morgan fingerprint density at radius 2 is 2.20 bits per heavy atom. The van der Waals surface area contributed by atoms with Crippen molar-refractivity contribution >= 4 is 17.5 Å². The highest BCUT2D eigenvalue weighted by Crippen LogP contribution is 2.11. The summed E-state index contributed by atoms with van der Waals surface area (Å²) in [5.74, 6) is -0.281. The first-order valence-corrected chi connectivity index (χ1v) is 5.66. The van der Waals surface area contributed by atoms with Crippen molar-refractivity contribution in [3.05, 3.63) is 11.6 Å². The van der Waals surface area contributed by atoms with Gasteiger partial charge in [-0.1, -0.05) is 17.7 Å². The molecule has 1 heterocycles. The maximum absolute atomic E-state index is 10.9. The average molecular weight is 232 g/mol. The van der Waals surface area contributed by atoms with Gasteiger partial charge in [0.25, 0.3) is 0 Å². The predicted octanol–water partition coefficient (Wildman–Crippen LogP) is 0.278. The van der Waals surface area contributed by atoms with E-state index in [0.29, 0.717) is 19.1 Å². The number of nitrogens with two attached hydrogens (primary N) is 1. The summed E-state index contributed by atoms with van der Waals surface area (Å²) in [6.07, 6.45) is 3.96. The van der Waals surface area contributed by atoms with Gasteiger partial charge < -0.3 is 11.1 Å². The number of carbonyl (C=O) groups excluding carboxylic acids is 1. The zero-order valence-electron chi connectivity index (χ0n) is 8.79. The summed E-state index contributed by atoms with van der Waals surface area (Å²) in [5, 5.41) is 3.29. The molecule has 1 amide bonds. The fraction of sp³-hybridized carbons (Fsp3) is 0.700. The molecule has 1 fully saturated rings. The molecule has 0 aromatic carbocycles. The number of halogens is 1. The second-order valence-corrected chi connectivity index (χ2v) is 3.99. The van der Waals surface area contributed by atoms with Crippen LogP contribution in [0.2, 0.25) is 0 Å². The lowest BCUT2D eigenvalue weighted by Gasteiger charge is -2.32. The largest absolute Gasteiger partial charge is 0.369 e. The molecule has 1 aliphatic rings.